The highest BCUT2D eigenvalue weighted by molar-refractivity contribution is 7.11. The zero-order chi connectivity index (χ0) is 24.7. The number of carbonyl (C=O) groups excluding carboxylic acids is 2. The van der Waals surface area contributed by atoms with Crippen molar-refractivity contribution in [2.45, 2.75) is 79.4 Å². The number of thiazole rings is 1. The molecule has 0 bridgehead atoms. The number of esters is 1. The summed E-state index contributed by atoms with van der Waals surface area (Å²) in [5, 5.41) is 12.4. The van der Waals surface area contributed by atoms with Gasteiger partial charge in [-0.15, -0.1) is 17.9 Å². The van der Waals surface area contributed by atoms with E-state index < -0.39 is 11.5 Å². The molecule has 0 aliphatic heterocycles. The van der Waals surface area contributed by atoms with Crippen LogP contribution in [0.1, 0.15) is 75.9 Å². The number of hydrogen-bond donors (Lipinski definition) is 1. The molecule has 1 saturated carbocycles. The smallest absolute Gasteiger partial charge is 0.311 e. The molecule has 7 heteroatoms. The van der Waals surface area contributed by atoms with Crippen molar-refractivity contribution in [1.82, 2.24) is 9.88 Å². The molecule has 1 aromatic heterocycles. The van der Waals surface area contributed by atoms with Crippen LogP contribution in [-0.4, -0.2) is 46.6 Å². The Balaban J connectivity index is 1.79. The number of aromatic nitrogens is 1. The Morgan fingerprint density at radius 2 is 2.09 bits per heavy atom. The highest BCUT2D eigenvalue weighted by atomic mass is 32.1. The topological polar surface area (TPSA) is 79.7 Å². The highest BCUT2D eigenvalue weighted by Crippen LogP contribution is 2.57. The van der Waals surface area contributed by atoms with Crippen LogP contribution in [0.2, 0.25) is 0 Å². The quantitative estimate of drug-likeness (QED) is 0.481. The molecule has 0 aromatic carbocycles. The van der Waals surface area contributed by atoms with Crippen LogP contribution in [0.4, 0.5) is 0 Å². The Morgan fingerprint density at radius 1 is 1.42 bits per heavy atom. The third-order valence-corrected chi connectivity index (χ3v) is 8.76. The fraction of sp³-hybridized carbons (Fsp3) is 0.731. The predicted octanol–water partition coefficient (Wildman–Crippen LogP) is 4.57. The number of aliphatic hydroxyl groups excluding tert-OH is 1. The van der Waals surface area contributed by atoms with Crippen molar-refractivity contribution in [3.8, 4) is 0 Å². The van der Waals surface area contributed by atoms with Crippen LogP contribution in [0.3, 0.4) is 0 Å². The van der Waals surface area contributed by atoms with Crippen LogP contribution in [0.5, 0.6) is 0 Å². The van der Waals surface area contributed by atoms with Crippen LogP contribution in [0.25, 0.3) is 0 Å². The Bertz CT molecular complexity index is 905. The second kappa shape index (κ2) is 9.49. The Hall–Kier alpha value is -1.73. The van der Waals surface area contributed by atoms with Gasteiger partial charge in [0.05, 0.1) is 17.2 Å². The number of ether oxygens (including phenoxy) is 1. The number of aliphatic hydroxyl groups is 1. The molecule has 3 rings (SSSR count). The normalized spacial score (nSPS) is 30.1. The molecule has 2 aliphatic rings. The van der Waals surface area contributed by atoms with Gasteiger partial charge in [0.15, 0.2) is 0 Å². The summed E-state index contributed by atoms with van der Waals surface area (Å²) < 4.78 is 5.50. The summed E-state index contributed by atoms with van der Waals surface area (Å²) in [6, 6.07) is 0. The summed E-state index contributed by atoms with van der Waals surface area (Å²) in [4.78, 5) is 32.9. The molecule has 1 amide bonds. The van der Waals surface area contributed by atoms with Gasteiger partial charge in [0, 0.05) is 30.3 Å². The summed E-state index contributed by atoms with van der Waals surface area (Å²) in [5.74, 6) is -0.376. The van der Waals surface area contributed by atoms with E-state index in [4.69, 9.17) is 9.72 Å². The molecule has 1 aromatic rings. The predicted molar refractivity (Wildman–Crippen MR) is 131 cm³/mol. The third-order valence-electron chi connectivity index (χ3n) is 7.72. The van der Waals surface area contributed by atoms with Crippen LogP contribution in [0.15, 0.2) is 12.7 Å². The van der Waals surface area contributed by atoms with Crippen molar-refractivity contribution in [2.75, 3.05) is 13.6 Å². The molecule has 0 radical (unpaired) electrons. The maximum atomic E-state index is 12.9. The fourth-order valence-corrected chi connectivity index (χ4v) is 7.10. The maximum Gasteiger partial charge on any atom is 0.311 e. The summed E-state index contributed by atoms with van der Waals surface area (Å²) >= 11 is 1.63. The lowest BCUT2D eigenvalue weighted by molar-refractivity contribution is -0.154. The largest absolute Gasteiger partial charge is 0.458 e. The number of fused-ring (bicyclic) bond motifs is 2. The number of carbonyl (C=O) groups is 2. The zero-order valence-corrected chi connectivity index (χ0v) is 22.0. The van der Waals surface area contributed by atoms with Gasteiger partial charge in [0.2, 0.25) is 5.91 Å². The van der Waals surface area contributed by atoms with E-state index >= 15 is 0 Å². The van der Waals surface area contributed by atoms with Crippen molar-refractivity contribution in [2.24, 2.45) is 28.6 Å². The number of likely N-dealkylation sites (N-methyl/N-ethyl adjacent to an activating group) is 1. The highest BCUT2D eigenvalue weighted by Gasteiger charge is 2.54. The van der Waals surface area contributed by atoms with E-state index in [1.54, 1.807) is 29.4 Å². The lowest BCUT2D eigenvalue weighted by Crippen LogP contribution is -2.53. The second-order valence-corrected chi connectivity index (χ2v) is 12.5. The molecule has 1 heterocycles. The third kappa shape index (κ3) is 5.04. The monoisotopic (exact) mass is 476 g/mol. The molecule has 0 spiro atoms. The average Bonchev–Trinajstić information content (AvgIpc) is 3.13. The molecule has 33 heavy (non-hydrogen) atoms. The van der Waals surface area contributed by atoms with Gasteiger partial charge in [0.25, 0.3) is 0 Å². The molecule has 6 atom stereocenters. The van der Waals surface area contributed by atoms with Crippen molar-refractivity contribution in [3.05, 3.63) is 28.2 Å². The second-order valence-electron chi connectivity index (χ2n) is 11.4. The van der Waals surface area contributed by atoms with Crippen LogP contribution in [-0.2, 0) is 27.4 Å². The minimum absolute atomic E-state index is 0.0377. The van der Waals surface area contributed by atoms with E-state index in [9.17, 15) is 14.7 Å². The number of hydrogen-bond acceptors (Lipinski definition) is 6. The summed E-state index contributed by atoms with van der Waals surface area (Å²) in [6.45, 7) is 16.3. The first-order chi connectivity index (χ1) is 15.3. The lowest BCUT2D eigenvalue weighted by atomic mass is 9.53. The molecular weight excluding hydrogens is 436 g/mol. The van der Waals surface area contributed by atoms with E-state index in [0.717, 1.165) is 30.0 Å². The molecule has 184 valence electrons. The number of amides is 1. The molecular formula is C26H40N2O4S. The summed E-state index contributed by atoms with van der Waals surface area (Å²) in [7, 11) is 1.79. The molecule has 6 nitrogen and oxygen atoms in total. The van der Waals surface area contributed by atoms with Crippen molar-refractivity contribution in [3.63, 3.8) is 0 Å². The number of rotatable bonds is 6. The molecule has 1 fully saturated rings. The minimum Gasteiger partial charge on any atom is -0.458 e. The Labute approximate surface area is 202 Å². The SMILES string of the molecule is C=CCN(C)C(=O)[C@@H](C)[C@H]1CC[C@]2(C)Cc3sc(COC(=O)C(C)(C)C)nc3[C@H](C)[C@@H]2[C@H]1O. The molecule has 2 aliphatic carbocycles. The zero-order valence-electron chi connectivity index (χ0n) is 21.2. The van der Waals surface area contributed by atoms with Gasteiger partial charge >= 0.3 is 5.97 Å². The first kappa shape index (κ1) is 25.9. The van der Waals surface area contributed by atoms with Gasteiger partial charge in [-0.3, -0.25) is 9.59 Å². The van der Waals surface area contributed by atoms with Gasteiger partial charge in [-0.1, -0.05) is 26.8 Å². The van der Waals surface area contributed by atoms with E-state index in [2.05, 4.69) is 20.4 Å². The first-order valence-corrected chi connectivity index (χ1v) is 12.8. The summed E-state index contributed by atoms with van der Waals surface area (Å²) in [5.41, 5.74) is 0.440. The van der Waals surface area contributed by atoms with Gasteiger partial charge in [-0.25, -0.2) is 4.98 Å². The molecule has 1 N–H and O–H groups in total. The minimum atomic E-state index is -0.563. The summed E-state index contributed by atoms with van der Waals surface area (Å²) in [6.07, 6.45) is 3.83. The van der Waals surface area contributed by atoms with Crippen molar-refractivity contribution >= 4 is 23.2 Å². The van der Waals surface area contributed by atoms with E-state index in [1.165, 1.54) is 4.88 Å². The van der Waals surface area contributed by atoms with E-state index in [0.29, 0.717) is 6.54 Å². The van der Waals surface area contributed by atoms with Crippen molar-refractivity contribution in [1.29, 1.82) is 0 Å². The maximum absolute atomic E-state index is 12.9. The Kier molecular flexibility index (Phi) is 7.45. The van der Waals surface area contributed by atoms with Gasteiger partial charge < -0.3 is 14.7 Å². The lowest BCUT2D eigenvalue weighted by Gasteiger charge is -2.53. The Morgan fingerprint density at radius 3 is 2.70 bits per heavy atom. The van der Waals surface area contributed by atoms with E-state index in [1.807, 2.05) is 27.7 Å². The van der Waals surface area contributed by atoms with E-state index in [-0.39, 0.29) is 47.6 Å². The van der Waals surface area contributed by atoms with Crippen LogP contribution < -0.4 is 0 Å². The first-order valence-electron chi connectivity index (χ1n) is 12.0. The average molecular weight is 477 g/mol. The fourth-order valence-electron chi connectivity index (χ4n) is 5.82. The standard InChI is InChI=1S/C26H40N2O4S/c1-9-12-28(8)23(30)15(2)17-10-11-26(7)13-18-21(16(3)20(26)22(17)29)27-19(33-18)14-32-24(31)25(4,5)6/h9,15-17,20,22,29H,1,10-14H2,2-8H3/t15-,16+,17+,20+,22-,26+/m0/s1. The number of nitrogens with zero attached hydrogens (tertiary/aromatic N) is 2. The molecule has 0 saturated heterocycles. The van der Waals surface area contributed by atoms with Gasteiger partial charge in [0.1, 0.15) is 11.6 Å². The van der Waals surface area contributed by atoms with Crippen LogP contribution in [0, 0.1) is 28.6 Å². The van der Waals surface area contributed by atoms with Crippen molar-refractivity contribution < 1.29 is 19.4 Å². The van der Waals surface area contributed by atoms with Crippen LogP contribution >= 0.6 is 11.3 Å². The van der Waals surface area contributed by atoms with Gasteiger partial charge in [-0.05, 0) is 57.3 Å². The van der Waals surface area contributed by atoms with Gasteiger partial charge in [-0.2, -0.15) is 0 Å². The molecule has 0 unspecified atom stereocenters.